The number of anilines is 1. The van der Waals surface area contributed by atoms with E-state index in [0.717, 1.165) is 4.90 Å². The highest BCUT2D eigenvalue weighted by atomic mass is 35.5. The Hall–Kier alpha value is -1.12. The Bertz CT molecular complexity index is 456. The number of rotatable bonds is 2. The molecule has 0 unspecified atom stereocenters. The highest BCUT2D eigenvalue weighted by molar-refractivity contribution is 7.99. The molecule has 2 N–H and O–H groups in total. The van der Waals surface area contributed by atoms with Crippen LogP contribution in [0.3, 0.4) is 0 Å². The van der Waals surface area contributed by atoms with E-state index in [1.165, 1.54) is 4.90 Å². The summed E-state index contributed by atoms with van der Waals surface area (Å²) >= 11 is 7.61. The van der Waals surface area contributed by atoms with Crippen LogP contribution in [0, 0.1) is 0 Å². The molecule has 0 radical (unpaired) electrons. The predicted octanol–water partition coefficient (Wildman–Crippen LogP) is 4.07. The molecule has 2 rings (SSSR count). The maximum absolute atomic E-state index is 5.94. The first-order valence-corrected chi connectivity index (χ1v) is 5.73. The number of nitrogens with two attached hydrogens (primary N) is 1. The topological polar surface area (TPSA) is 26.0 Å². The highest BCUT2D eigenvalue weighted by Gasteiger charge is 2.00. The van der Waals surface area contributed by atoms with Crippen LogP contribution in [0.2, 0.25) is 5.02 Å². The second kappa shape index (κ2) is 4.60. The van der Waals surface area contributed by atoms with Crippen LogP contribution in [0.15, 0.2) is 58.3 Å². The molecule has 0 saturated carbocycles. The molecule has 15 heavy (non-hydrogen) atoms. The number of benzene rings is 2. The van der Waals surface area contributed by atoms with Gasteiger partial charge in [0.05, 0.1) is 10.7 Å². The fourth-order valence-corrected chi connectivity index (χ4v) is 2.32. The van der Waals surface area contributed by atoms with E-state index in [4.69, 9.17) is 17.3 Å². The molecular formula is C12H10ClNS. The third-order valence-electron chi connectivity index (χ3n) is 1.95. The summed E-state index contributed by atoms with van der Waals surface area (Å²) in [6.07, 6.45) is 0. The molecule has 0 heterocycles. The second-order valence-corrected chi connectivity index (χ2v) is 4.65. The maximum atomic E-state index is 5.94. The summed E-state index contributed by atoms with van der Waals surface area (Å²) in [4.78, 5) is 2.29. The van der Waals surface area contributed by atoms with Crippen LogP contribution in [0.5, 0.6) is 0 Å². The van der Waals surface area contributed by atoms with Gasteiger partial charge in [0, 0.05) is 9.79 Å². The molecule has 76 valence electrons. The van der Waals surface area contributed by atoms with Crippen molar-refractivity contribution in [2.24, 2.45) is 0 Å². The lowest BCUT2D eigenvalue weighted by Crippen LogP contribution is -1.85. The quantitative estimate of drug-likeness (QED) is 0.794. The van der Waals surface area contributed by atoms with E-state index < -0.39 is 0 Å². The van der Waals surface area contributed by atoms with Crippen molar-refractivity contribution in [2.45, 2.75) is 9.79 Å². The van der Waals surface area contributed by atoms with Gasteiger partial charge in [-0.2, -0.15) is 0 Å². The van der Waals surface area contributed by atoms with Gasteiger partial charge in [0.15, 0.2) is 0 Å². The van der Waals surface area contributed by atoms with Crippen molar-refractivity contribution in [3.63, 3.8) is 0 Å². The Kier molecular flexibility index (Phi) is 3.19. The first-order valence-electron chi connectivity index (χ1n) is 4.53. The summed E-state index contributed by atoms with van der Waals surface area (Å²) < 4.78 is 0. The van der Waals surface area contributed by atoms with Gasteiger partial charge < -0.3 is 5.73 Å². The summed E-state index contributed by atoms with van der Waals surface area (Å²) in [5.41, 5.74) is 6.26. The molecule has 0 saturated heterocycles. The molecule has 0 aliphatic rings. The van der Waals surface area contributed by atoms with E-state index >= 15 is 0 Å². The van der Waals surface area contributed by atoms with Crippen LogP contribution in [0.4, 0.5) is 5.69 Å². The van der Waals surface area contributed by atoms with E-state index in [9.17, 15) is 0 Å². The van der Waals surface area contributed by atoms with E-state index in [2.05, 4.69) is 12.1 Å². The first-order chi connectivity index (χ1) is 7.25. The Balaban J connectivity index is 2.22. The first kappa shape index (κ1) is 10.4. The van der Waals surface area contributed by atoms with Gasteiger partial charge in [-0.05, 0) is 30.3 Å². The van der Waals surface area contributed by atoms with E-state index in [1.54, 1.807) is 11.8 Å². The van der Waals surface area contributed by atoms with Crippen molar-refractivity contribution in [1.82, 2.24) is 0 Å². The summed E-state index contributed by atoms with van der Waals surface area (Å²) in [6, 6.07) is 15.8. The van der Waals surface area contributed by atoms with Gasteiger partial charge in [0.25, 0.3) is 0 Å². The normalized spacial score (nSPS) is 10.2. The lowest BCUT2D eigenvalue weighted by atomic mass is 10.3. The van der Waals surface area contributed by atoms with Gasteiger partial charge in [-0.25, -0.2) is 0 Å². The lowest BCUT2D eigenvalue weighted by molar-refractivity contribution is 1.41. The van der Waals surface area contributed by atoms with Crippen LogP contribution < -0.4 is 5.73 Å². The maximum Gasteiger partial charge on any atom is 0.0646 e. The predicted molar refractivity (Wildman–Crippen MR) is 66.4 cm³/mol. The number of halogens is 1. The van der Waals surface area contributed by atoms with Gasteiger partial charge in [0.2, 0.25) is 0 Å². The molecule has 0 atom stereocenters. The number of nitrogen functional groups attached to an aromatic ring is 1. The summed E-state index contributed by atoms with van der Waals surface area (Å²) in [5, 5.41) is 0.607. The Labute approximate surface area is 98.3 Å². The van der Waals surface area contributed by atoms with Crippen LogP contribution in [0.25, 0.3) is 0 Å². The van der Waals surface area contributed by atoms with E-state index in [-0.39, 0.29) is 0 Å². The number of hydrogen-bond acceptors (Lipinski definition) is 2. The summed E-state index contributed by atoms with van der Waals surface area (Å²) in [5.74, 6) is 0. The van der Waals surface area contributed by atoms with E-state index in [1.807, 2.05) is 36.4 Å². The molecule has 3 heteroatoms. The van der Waals surface area contributed by atoms with E-state index in [0.29, 0.717) is 10.7 Å². The van der Waals surface area contributed by atoms with Gasteiger partial charge in [-0.1, -0.05) is 41.6 Å². The molecule has 0 spiro atoms. The van der Waals surface area contributed by atoms with Gasteiger partial charge >= 0.3 is 0 Å². The van der Waals surface area contributed by atoms with Crippen molar-refractivity contribution >= 4 is 29.1 Å². The molecule has 2 aromatic rings. The zero-order chi connectivity index (χ0) is 10.7. The molecule has 0 bridgehead atoms. The molecule has 0 aliphatic carbocycles. The Morgan fingerprint density at radius 1 is 0.933 bits per heavy atom. The fraction of sp³-hybridized carbons (Fsp3) is 0. The van der Waals surface area contributed by atoms with Crippen LogP contribution in [-0.2, 0) is 0 Å². The Morgan fingerprint density at radius 3 is 2.33 bits per heavy atom. The number of hydrogen-bond donors (Lipinski definition) is 1. The standard InChI is InChI=1S/C12H10ClNS/c13-11-8-10(6-7-12(11)14)15-9-4-2-1-3-5-9/h1-8H,14H2. The zero-order valence-corrected chi connectivity index (χ0v) is 9.55. The zero-order valence-electron chi connectivity index (χ0n) is 7.98. The SMILES string of the molecule is Nc1ccc(Sc2ccccc2)cc1Cl. The molecule has 0 aliphatic heterocycles. The van der Waals surface area contributed by atoms with Crippen LogP contribution >= 0.6 is 23.4 Å². The van der Waals surface area contributed by atoms with Crippen molar-refractivity contribution in [3.05, 3.63) is 53.6 Å². The second-order valence-electron chi connectivity index (χ2n) is 3.10. The molecule has 2 aromatic carbocycles. The van der Waals surface area contributed by atoms with Crippen molar-refractivity contribution in [2.75, 3.05) is 5.73 Å². The molecular weight excluding hydrogens is 226 g/mol. The molecule has 0 aromatic heterocycles. The van der Waals surface area contributed by atoms with Crippen molar-refractivity contribution in [1.29, 1.82) is 0 Å². The van der Waals surface area contributed by atoms with Crippen LogP contribution in [-0.4, -0.2) is 0 Å². The van der Waals surface area contributed by atoms with Crippen LogP contribution in [0.1, 0.15) is 0 Å². The lowest BCUT2D eigenvalue weighted by Gasteiger charge is -2.03. The highest BCUT2D eigenvalue weighted by Crippen LogP contribution is 2.31. The monoisotopic (exact) mass is 235 g/mol. The largest absolute Gasteiger partial charge is 0.398 e. The minimum Gasteiger partial charge on any atom is -0.398 e. The third-order valence-corrected chi connectivity index (χ3v) is 3.28. The minimum atomic E-state index is 0.607. The third kappa shape index (κ3) is 2.67. The van der Waals surface area contributed by atoms with Crippen molar-refractivity contribution in [3.8, 4) is 0 Å². The van der Waals surface area contributed by atoms with Gasteiger partial charge in [-0.15, -0.1) is 0 Å². The molecule has 0 amide bonds. The minimum absolute atomic E-state index is 0.607. The smallest absolute Gasteiger partial charge is 0.0646 e. The average Bonchev–Trinajstić information content (AvgIpc) is 2.25. The van der Waals surface area contributed by atoms with Crippen molar-refractivity contribution < 1.29 is 0 Å². The molecule has 0 fully saturated rings. The van der Waals surface area contributed by atoms with Gasteiger partial charge in [0.1, 0.15) is 0 Å². The summed E-state index contributed by atoms with van der Waals surface area (Å²) in [6.45, 7) is 0. The Morgan fingerprint density at radius 2 is 1.67 bits per heavy atom. The average molecular weight is 236 g/mol. The van der Waals surface area contributed by atoms with Gasteiger partial charge in [-0.3, -0.25) is 0 Å². The summed E-state index contributed by atoms with van der Waals surface area (Å²) in [7, 11) is 0. The molecule has 1 nitrogen and oxygen atoms in total. The fourth-order valence-electron chi connectivity index (χ4n) is 1.20.